The van der Waals surface area contributed by atoms with Crippen LogP contribution in [0.2, 0.25) is 0 Å². The molecule has 0 aromatic rings. The molecule has 1 heterocycles. The van der Waals surface area contributed by atoms with Crippen molar-refractivity contribution in [3.63, 3.8) is 0 Å². The molecule has 0 aromatic carbocycles. The van der Waals surface area contributed by atoms with Crippen LogP contribution >= 0.6 is 0 Å². The fourth-order valence-corrected chi connectivity index (χ4v) is 2.34. The van der Waals surface area contributed by atoms with Crippen LogP contribution in [0.1, 0.15) is 25.7 Å². The highest BCUT2D eigenvalue weighted by Crippen LogP contribution is 2.32. The van der Waals surface area contributed by atoms with Crippen molar-refractivity contribution in [2.45, 2.75) is 25.7 Å². The Labute approximate surface area is 106 Å². The molecule has 2 aliphatic rings. The monoisotopic (exact) mass is 248 g/mol. The zero-order valence-corrected chi connectivity index (χ0v) is 10.2. The Morgan fingerprint density at radius 1 is 1.39 bits per heavy atom. The molecular weight excluding hydrogens is 232 g/mol. The molecule has 1 aliphatic heterocycles. The normalized spacial score (nSPS) is 19.0. The van der Waals surface area contributed by atoms with Gasteiger partial charge in [-0.15, -0.1) is 0 Å². The average Bonchev–Trinajstić information content (AvgIpc) is 2.64. The summed E-state index contributed by atoms with van der Waals surface area (Å²) in [6, 6.07) is 0. The number of carbonyl (C=O) groups excluding carboxylic acids is 2. The molecule has 5 nitrogen and oxygen atoms in total. The van der Waals surface area contributed by atoms with E-state index < -0.39 is 5.97 Å². The Kier molecular flexibility index (Phi) is 3.60. The summed E-state index contributed by atoms with van der Waals surface area (Å²) in [7, 11) is 0. The lowest BCUT2D eigenvalue weighted by atomic mass is 9.93. The average molecular weight is 248 g/mol. The highest BCUT2D eigenvalue weighted by Gasteiger charge is 2.35. The molecule has 0 saturated heterocycles. The summed E-state index contributed by atoms with van der Waals surface area (Å²) in [4.78, 5) is 24.3. The predicted molar refractivity (Wildman–Crippen MR) is 66.1 cm³/mol. The quantitative estimate of drug-likeness (QED) is 0.604. The van der Waals surface area contributed by atoms with Crippen LogP contribution in [-0.4, -0.2) is 35.8 Å². The standard InChI is InChI=1S/C13H16N2O3/c1-2-11(16)18-8-7-15-12(14)9-5-3-4-6-10(9)13(15)17/h2,14H,1,3-8H2. The van der Waals surface area contributed by atoms with Crippen molar-refractivity contribution >= 4 is 17.7 Å². The lowest BCUT2D eigenvalue weighted by Crippen LogP contribution is -2.34. The molecule has 1 aliphatic carbocycles. The van der Waals surface area contributed by atoms with Gasteiger partial charge in [0.1, 0.15) is 12.4 Å². The summed E-state index contributed by atoms with van der Waals surface area (Å²) in [6.45, 7) is 3.63. The van der Waals surface area contributed by atoms with Crippen LogP contribution in [0.15, 0.2) is 23.8 Å². The minimum Gasteiger partial charge on any atom is -0.461 e. The Bertz CT molecular complexity index is 423. The van der Waals surface area contributed by atoms with E-state index in [9.17, 15) is 9.59 Å². The predicted octanol–water partition coefficient (Wildman–Crippen LogP) is 1.41. The van der Waals surface area contributed by atoms with Crippen LogP contribution in [-0.2, 0) is 14.3 Å². The molecule has 5 heteroatoms. The molecule has 1 N–H and O–H groups in total. The Morgan fingerprint density at radius 3 is 2.67 bits per heavy atom. The van der Waals surface area contributed by atoms with Crippen LogP contribution in [0.4, 0.5) is 0 Å². The van der Waals surface area contributed by atoms with Crippen molar-refractivity contribution in [2.75, 3.05) is 13.2 Å². The van der Waals surface area contributed by atoms with Crippen molar-refractivity contribution < 1.29 is 14.3 Å². The van der Waals surface area contributed by atoms with E-state index >= 15 is 0 Å². The Morgan fingerprint density at radius 2 is 2.06 bits per heavy atom. The van der Waals surface area contributed by atoms with Crippen LogP contribution in [0.5, 0.6) is 0 Å². The van der Waals surface area contributed by atoms with Gasteiger partial charge in [0.2, 0.25) is 0 Å². The maximum Gasteiger partial charge on any atom is 0.330 e. The van der Waals surface area contributed by atoms with Crippen LogP contribution < -0.4 is 0 Å². The topological polar surface area (TPSA) is 70.5 Å². The molecule has 18 heavy (non-hydrogen) atoms. The number of hydrogen-bond donors (Lipinski definition) is 1. The van der Waals surface area contributed by atoms with E-state index in [1.807, 2.05) is 0 Å². The van der Waals surface area contributed by atoms with Gasteiger partial charge >= 0.3 is 5.97 Å². The van der Waals surface area contributed by atoms with Crippen LogP contribution in [0.25, 0.3) is 0 Å². The fraction of sp³-hybridized carbons (Fsp3) is 0.462. The highest BCUT2D eigenvalue weighted by atomic mass is 16.5. The molecule has 0 saturated carbocycles. The number of hydrogen-bond acceptors (Lipinski definition) is 4. The fourth-order valence-electron chi connectivity index (χ4n) is 2.34. The number of amidine groups is 1. The molecule has 96 valence electrons. The molecule has 0 unspecified atom stereocenters. The number of ether oxygens (including phenoxy) is 1. The molecule has 0 bridgehead atoms. The van der Waals surface area contributed by atoms with Gasteiger partial charge in [-0.05, 0) is 25.7 Å². The summed E-state index contributed by atoms with van der Waals surface area (Å²) in [5, 5.41) is 7.98. The Hall–Kier alpha value is -1.91. The SMILES string of the molecule is C=CC(=O)OCCN1C(=N)C2=C(CCCC2)C1=O. The van der Waals surface area contributed by atoms with Crippen molar-refractivity contribution in [3.8, 4) is 0 Å². The zero-order chi connectivity index (χ0) is 13.1. The van der Waals surface area contributed by atoms with Gasteiger partial charge in [0.05, 0.1) is 6.54 Å². The summed E-state index contributed by atoms with van der Waals surface area (Å²) >= 11 is 0. The third-order valence-electron chi connectivity index (χ3n) is 3.25. The number of rotatable bonds is 4. The summed E-state index contributed by atoms with van der Waals surface area (Å²) in [6.07, 6.45) is 4.70. The summed E-state index contributed by atoms with van der Waals surface area (Å²) in [5.74, 6) is -0.320. The zero-order valence-electron chi connectivity index (χ0n) is 10.2. The van der Waals surface area contributed by atoms with Gasteiger partial charge in [0.25, 0.3) is 5.91 Å². The lowest BCUT2D eigenvalue weighted by molar-refractivity contribution is -0.139. The number of carbonyl (C=O) groups is 2. The molecule has 2 rings (SSSR count). The van der Waals surface area contributed by atoms with E-state index in [1.54, 1.807) is 0 Å². The van der Waals surface area contributed by atoms with E-state index in [0.29, 0.717) is 0 Å². The molecule has 1 amide bonds. The molecule has 0 spiro atoms. The van der Waals surface area contributed by atoms with E-state index in [-0.39, 0.29) is 24.9 Å². The largest absolute Gasteiger partial charge is 0.461 e. The molecule has 0 aromatic heterocycles. The minimum absolute atomic E-state index is 0.0932. The van der Waals surface area contributed by atoms with Gasteiger partial charge in [-0.1, -0.05) is 6.58 Å². The Balaban J connectivity index is 1.96. The maximum atomic E-state index is 12.1. The lowest BCUT2D eigenvalue weighted by Gasteiger charge is -2.16. The molecule has 0 radical (unpaired) electrons. The molecular formula is C13H16N2O3. The van der Waals surface area contributed by atoms with Gasteiger partial charge in [-0.3, -0.25) is 15.1 Å². The number of amides is 1. The number of esters is 1. The van der Waals surface area contributed by atoms with Crippen molar-refractivity contribution in [3.05, 3.63) is 23.8 Å². The highest BCUT2D eigenvalue weighted by molar-refractivity contribution is 6.20. The molecule has 0 atom stereocenters. The maximum absolute atomic E-state index is 12.1. The minimum atomic E-state index is -0.508. The number of nitrogens with zero attached hydrogens (tertiary/aromatic N) is 1. The van der Waals surface area contributed by atoms with Crippen molar-refractivity contribution in [1.82, 2.24) is 4.90 Å². The van der Waals surface area contributed by atoms with E-state index in [2.05, 4.69) is 6.58 Å². The first-order valence-electron chi connectivity index (χ1n) is 6.07. The van der Waals surface area contributed by atoms with Gasteiger partial charge in [-0.2, -0.15) is 0 Å². The number of nitrogens with one attached hydrogen (secondary N) is 1. The van der Waals surface area contributed by atoms with Crippen LogP contribution in [0, 0.1) is 5.41 Å². The smallest absolute Gasteiger partial charge is 0.330 e. The first-order valence-corrected chi connectivity index (χ1v) is 6.07. The third-order valence-corrected chi connectivity index (χ3v) is 3.25. The summed E-state index contributed by atoms with van der Waals surface area (Å²) in [5.41, 5.74) is 1.66. The van der Waals surface area contributed by atoms with E-state index in [1.165, 1.54) is 4.90 Å². The second kappa shape index (κ2) is 5.16. The molecule has 0 fully saturated rings. The second-order valence-electron chi connectivity index (χ2n) is 4.34. The summed E-state index contributed by atoms with van der Waals surface area (Å²) < 4.78 is 4.84. The first kappa shape index (κ1) is 12.5. The second-order valence-corrected chi connectivity index (χ2v) is 4.34. The van der Waals surface area contributed by atoms with E-state index in [0.717, 1.165) is 42.9 Å². The van der Waals surface area contributed by atoms with Crippen LogP contribution in [0.3, 0.4) is 0 Å². The van der Waals surface area contributed by atoms with Crippen molar-refractivity contribution in [1.29, 1.82) is 5.41 Å². The van der Waals surface area contributed by atoms with Gasteiger partial charge in [0, 0.05) is 17.2 Å². The van der Waals surface area contributed by atoms with E-state index in [4.69, 9.17) is 10.1 Å². The first-order chi connectivity index (χ1) is 8.65. The van der Waals surface area contributed by atoms with Crippen molar-refractivity contribution in [2.24, 2.45) is 0 Å². The van der Waals surface area contributed by atoms with Gasteiger partial charge in [-0.25, -0.2) is 4.79 Å². The van der Waals surface area contributed by atoms with Gasteiger partial charge < -0.3 is 4.74 Å². The van der Waals surface area contributed by atoms with Gasteiger partial charge in [0.15, 0.2) is 0 Å². The third kappa shape index (κ3) is 2.20.